The SMILES string of the molecule is CCc1sc(C(=O)NOCC(N)=O)cc1C. The molecular weight excluding hydrogens is 228 g/mol. The zero-order valence-corrected chi connectivity index (χ0v) is 10.0. The quantitative estimate of drug-likeness (QED) is 0.748. The molecule has 0 atom stereocenters. The van der Waals surface area contributed by atoms with Gasteiger partial charge in [-0.2, -0.15) is 0 Å². The summed E-state index contributed by atoms with van der Waals surface area (Å²) in [5.74, 6) is -0.981. The largest absolute Gasteiger partial charge is 0.368 e. The van der Waals surface area contributed by atoms with Gasteiger partial charge in [0.2, 0.25) is 5.91 Å². The summed E-state index contributed by atoms with van der Waals surface area (Å²) in [6.45, 7) is 3.66. The van der Waals surface area contributed by atoms with Crippen molar-refractivity contribution in [1.82, 2.24) is 5.48 Å². The van der Waals surface area contributed by atoms with Gasteiger partial charge in [0.1, 0.15) is 0 Å². The summed E-state index contributed by atoms with van der Waals surface area (Å²) >= 11 is 1.42. The summed E-state index contributed by atoms with van der Waals surface area (Å²) in [6, 6.07) is 1.80. The molecule has 16 heavy (non-hydrogen) atoms. The molecule has 0 spiro atoms. The fourth-order valence-electron chi connectivity index (χ4n) is 1.21. The summed E-state index contributed by atoms with van der Waals surface area (Å²) in [5, 5.41) is 0. The third kappa shape index (κ3) is 3.32. The van der Waals surface area contributed by atoms with Crippen LogP contribution in [0.4, 0.5) is 0 Å². The number of nitrogens with one attached hydrogen (secondary N) is 1. The Kier molecular flexibility index (Phi) is 4.45. The van der Waals surface area contributed by atoms with Crippen LogP contribution in [0.5, 0.6) is 0 Å². The number of hydrogen-bond donors (Lipinski definition) is 2. The van der Waals surface area contributed by atoms with E-state index >= 15 is 0 Å². The number of hydroxylamine groups is 1. The van der Waals surface area contributed by atoms with Gasteiger partial charge in [-0.3, -0.25) is 14.4 Å². The third-order valence-electron chi connectivity index (χ3n) is 1.94. The van der Waals surface area contributed by atoms with Crippen molar-refractivity contribution in [2.75, 3.05) is 6.61 Å². The molecule has 0 aromatic carbocycles. The van der Waals surface area contributed by atoms with Crippen molar-refractivity contribution in [2.45, 2.75) is 20.3 Å². The van der Waals surface area contributed by atoms with Crippen LogP contribution in [0.3, 0.4) is 0 Å². The fourth-order valence-corrected chi connectivity index (χ4v) is 2.21. The molecule has 0 saturated carbocycles. The molecule has 5 nitrogen and oxygen atoms in total. The van der Waals surface area contributed by atoms with Gasteiger partial charge >= 0.3 is 0 Å². The molecule has 0 saturated heterocycles. The van der Waals surface area contributed by atoms with Crippen molar-refractivity contribution in [3.05, 3.63) is 21.4 Å². The van der Waals surface area contributed by atoms with Crippen LogP contribution in [0.25, 0.3) is 0 Å². The van der Waals surface area contributed by atoms with Gasteiger partial charge in [-0.15, -0.1) is 11.3 Å². The first-order chi connectivity index (χ1) is 7.54. The van der Waals surface area contributed by atoms with Crippen LogP contribution in [0.15, 0.2) is 6.07 Å². The van der Waals surface area contributed by atoms with E-state index in [0.717, 1.165) is 12.0 Å². The second-order valence-corrected chi connectivity index (χ2v) is 4.39. The zero-order chi connectivity index (χ0) is 12.1. The molecule has 88 valence electrons. The van der Waals surface area contributed by atoms with Crippen molar-refractivity contribution in [3.63, 3.8) is 0 Å². The van der Waals surface area contributed by atoms with Crippen molar-refractivity contribution >= 4 is 23.2 Å². The van der Waals surface area contributed by atoms with Gasteiger partial charge in [-0.1, -0.05) is 6.92 Å². The van der Waals surface area contributed by atoms with Gasteiger partial charge in [-0.05, 0) is 25.0 Å². The maximum atomic E-state index is 11.5. The number of thiophene rings is 1. The molecule has 6 heteroatoms. The van der Waals surface area contributed by atoms with E-state index in [0.29, 0.717) is 4.88 Å². The highest BCUT2D eigenvalue weighted by molar-refractivity contribution is 7.14. The second-order valence-electron chi connectivity index (χ2n) is 3.26. The summed E-state index contributed by atoms with van der Waals surface area (Å²) in [6.07, 6.45) is 0.895. The number of rotatable bonds is 5. The fraction of sp³-hybridized carbons (Fsp3) is 0.400. The molecule has 0 radical (unpaired) electrons. The number of amides is 2. The Hall–Kier alpha value is -1.40. The van der Waals surface area contributed by atoms with Crippen molar-refractivity contribution in [1.29, 1.82) is 0 Å². The lowest BCUT2D eigenvalue weighted by Gasteiger charge is -2.01. The smallest absolute Gasteiger partial charge is 0.284 e. The zero-order valence-electron chi connectivity index (χ0n) is 9.20. The number of carbonyl (C=O) groups excluding carboxylic acids is 2. The van der Waals surface area contributed by atoms with Crippen LogP contribution in [0, 0.1) is 6.92 Å². The van der Waals surface area contributed by atoms with Crippen molar-refractivity contribution in [2.24, 2.45) is 5.73 Å². The lowest BCUT2D eigenvalue weighted by Crippen LogP contribution is -2.28. The van der Waals surface area contributed by atoms with Crippen LogP contribution < -0.4 is 11.2 Å². The second kappa shape index (κ2) is 5.62. The van der Waals surface area contributed by atoms with Gasteiger partial charge in [0.15, 0.2) is 6.61 Å². The van der Waals surface area contributed by atoms with Gasteiger partial charge in [0.25, 0.3) is 5.91 Å². The summed E-state index contributed by atoms with van der Waals surface area (Å²) in [7, 11) is 0. The molecule has 1 aromatic heterocycles. The lowest BCUT2D eigenvalue weighted by atomic mass is 10.2. The van der Waals surface area contributed by atoms with E-state index in [1.54, 1.807) is 6.07 Å². The van der Waals surface area contributed by atoms with Gasteiger partial charge < -0.3 is 5.73 Å². The van der Waals surface area contributed by atoms with Crippen LogP contribution >= 0.6 is 11.3 Å². The highest BCUT2D eigenvalue weighted by Gasteiger charge is 2.11. The van der Waals surface area contributed by atoms with E-state index in [2.05, 4.69) is 10.3 Å². The first-order valence-electron chi connectivity index (χ1n) is 4.84. The monoisotopic (exact) mass is 242 g/mol. The average Bonchev–Trinajstić information content (AvgIpc) is 2.59. The van der Waals surface area contributed by atoms with E-state index < -0.39 is 5.91 Å². The van der Waals surface area contributed by atoms with Gasteiger partial charge in [0.05, 0.1) is 4.88 Å². The third-order valence-corrected chi connectivity index (χ3v) is 3.32. The van der Waals surface area contributed by atoms with E-state index in [1.807, 2.05) is 13.8 Å². The first-order valence-corrected chi connectivity index (χ1v) is 5.66. The van der Waals surface area contributed by atoms with Crippen LogP contribution in [-0.4, -0.2) is 18.4 Å². The summed E-state index contributed by atoms with van der Waals surface area (Å²) in [5.41, 5.74) is 8.11. The van der Waals surface area contributed by atoms with Gasteiger partial charge in [0, 0.05) is 4.88 Å². The van der Waals surface area contributed by atoms with Gasteiger partial charge in [-0.25, -0.2) is 5.48 Å². The Balaban J connectivity index is 2.56. The molecule has 1 heterocycles. The maximum Gasteiger partial charge on any atom is 0.284 e. The highest BCUT2D eigenvalue weighted by atomic mass is 32.1. The van der Waals surface area contributed by atoms with E-state index in [9.17, 15) is 9.59 Å². The van der Waals surface area contributed by atoms with Crippen LogP contribution in [0.1, 0.15) is 27.0 Å². The Morgan fingerprint density at radius 1 is 1.56 bits per heavy atom. The molecule has 0 bridgehead atoms. The Labute approximate surface area is 97.5 Å². The Bertz CT molecular complexity index is 401. The number of primary amides is 1. The predicted octanol–water partition coefficient (Wildman–Crippen LogP) is 0.766. The van der Waals surface area contributed by atoms with E-state index in [1.165, 1.54) is 16.2 Å². The van der Waals surface area contributed by atoms with E-state index in [4.69, 9.17) is 5.73 Å². The normalized spacial score (nSPS) is 10.1. The molecule has 1 aromatic rings. The number of nitrogens with two attached hydrogens (primary N) is 1. The number of hydrogen-bond acceptors (Lipinski definition) is 4. The van der Waals surface area contributed by atoms with E-state index in [-0.39, 0.29) is 12.5 Å². The molecule has 0 aliphatic rings. The minimum atomic E-state index is -0.628. The number of aryl methyl sites for hydroxylation is 2. The van der Waals surface area contributed by atoms with Crippen molar-refractivity contribution < 1.29 is 14.4 Å². The van der Waals surface area contributed by atoms with Crippen molar-refractivity contribution in [3.8, 4) is 0 Å². The predicted molar refractivity (Wildman–Crippen MR) is 61.0 cm³/mol. The summed E-state index contributed by atoms with van der Waals surface area (Å²) < 4.78 is 0. The molecular formula is C10H14N2O3S. The molecule has 3 N–H and O–H groups in total. The Morgan fingerprint density at radius 3 is 2.75 bits per heavy atom. The molecule has 0 fully saturated rings. The lowest BCUT2D eigenvalue weighted by molar-refractivity contribution is -0.124. The standard InChI is InChI=1S/C10H14N2O3S/c1-3-7-6(2)4-8(16-7)10(14)12-15-5-9(11)13/h4H,3,5H2,1-2H3,(H2,11,13)(H,12,14). The summed E-state index contributed by atoms with van der Waals surface area (Å²) in [4.78, 5) is 28.3. The van der Waals surface area contributed by atoms with Crippen LogP contribution in [-0.2, 0) is 16.1 Å². The molecule has 1 rings (SSSR count). The van der Waals surface area contributed by atoms with Crippen LogP contribution in [0.2, 0.25) is 0 Å². The first kappa shape index (κ1) is 12.7. The minimum absolute atomic E-state index is 0.323. The minimum Gasteiger partial charge on any atom is -0.368 e. The highest BCUT2D eigenvalue weighted by Crippen LogP contribution is 2.22. The molecule has 2 amide bonds. The number of carbonyl (C=O) groups is 2. The maximum absolute atomic E-state index is 11.5. The molecule has 0 aliphatic heterocycles. The molecule has 0 aliphatic carbocycles. The Morgan fingerprint density at radius 2 is 2.25 bits per heavy atom. The molecule has 0 unspecified atom stereocenters. The average molecular weight is 242 g/mol. The topological polar surface area (TPSA) is 81.4 Å².